The van der Waals surface area contributed by atoms with Crippen LogP contribution in [-0.4, -0.2) is 40.5 Å². The van der Waals surface area contributed by atoms with Crippen molar-refractivity contribution in [1.82, 2.24) is 15.0 Å². The Morgan fingerprint density at radius 2 is 1.74 bits per heavy atom. The van der Waals surface area contributed by atoms with Gasteiger partial charge in [-0.15, -0.1) is 0 Å². The number of hydrogen-bond donors (Lipinski definition) is 0. The minimum atomic E-state index is -4.64. The first-order valence-electron chi connectivity index (χ1n) is 11.8. The van der Waals surface area contributed by atoms with Crippen LogP contribution < -0.4 is 19.3 Å². The zero-order chi connectivity index (χ0) is 27.9. The summed E-state index contributed by atoms with van der Waals surface area (Å²) in [7, 11) is 1.51. The molecule has 0 aliphatic carbocycles. The van der Waals surface area contributed by atoms with Gasteiger partial charge < -0.3 is 9.47 Å². The van der Waals surface area contributed by atoms with Crippen LogP contribution in [0.4, 0.5) is 29.3 Å². The maximum absolute atomic E-state index is 13.2. The van der Waals surface area contributed by atoms with Crippen molar-refractivity contribution in [1.29, 1.82) is 0 Å². The van der Waals surface area contributed by atoms with E-state index in [1.165, 1.54) is 7.11 Å². The van der Waals surface area contributed by atoms with Crippen LogP contribution in [0.1, 0.15) is 30.9 Å². The fourth-order valence-corrected chi connectivity index (χ4v) is 4.22. The van der Waals surface area contributed by atoms with Crippen LogP contribution in [0.3, 0.4) is 0 Å². The summed E-state index contributed by atoms with van der Waals surface area (Å²) in [4.78, 5) is 40.1. The van der Waals surface area contributed by atoms with Gasteiger partial charge in [-0.25, -0.2) is 14.7 Å². The Morgan fingerprint density at radius 3 is 2.46 bits per heavy atom. The molecule has 12 heteroatoms. The Labute approximate surface area is 220 Å². The van der Waals surface area contributed by atoms with E-state index >= 15 is 0 Å². The summed E-state index contributed by atoms with van der Waals surface area (Å²) in [5.74, 6) is 0.759. The summed E-state index contributed by atoms with van der Waals surface area (Å²) < 4.78 is 50.9. The van der Waals surface area contributed by atoms with Crippen LogP contribution >= 0.6 is 0 Å². The average molecular weight is 537 g/mol. The van der Waals surface area contributed by atoms with Crippen molar-refractivity contribution in [3.05, 3.63) is 72.3 Å². The second-order valence-electron chi connectivity index (χ2n) is 9.06. The molecule has 0 atom stereocenters. The normalized spacial score (nSPS) is 14.0. The summed E-state index contributed by atoms with van der Waals surface area (Å²) in [5.41, 5.74) is 0.469. The quantitative estimate of drug-likeness (QED) is 0.281. The Hall–Kier alpha value is -4.74. The first-order chi connectivity index (χ1) is 18.6. The van der Waals surface area contributed by atoms with Crippen LogP contribution in [0, 0.1) is 0 Å². The van der Waals surface area contributed by atoms with E-state index in [1.807, 2.05) is 13.8 Å². The standard InChI is InChI=1S/C27H22F3N5O4/c1-15(2)19-9-17(4-5-22(19)39-23-6-7-32-21-10-24(38-3)33-13-20(21)23)35-25(36)14-34(26(35)37)18-8-16(11-31-12-18)27(28,29)30/h4-13,15H,14H2,1-3H3. The molecule has 5 rings (SSSR count). The fraction of sp³-hybridized carbons (Fsp3) is 0.222. The minimum Gasteiger partial charge on any atom is -0.481 e. The van der Waals surface area contributed by atoms with Crippen molar-refractivity contribution in [3.63, 3.8) is 0 Å². The Bertz CT molecular complexity index is 1590. The van der Waals surface area contributed by atoms with Gasteiger partial charge in [0.1, 0.15) is 18.0 Å². The smallest absolute Gasteiger partial charge is 0.417 e. The lowest BCUT2D eigenvalue weighted by Crippen LogP contribution is -2.33. The number of nitrogens with zero attached hydrogens (tertiary/aromatic N) is 5. The molecule has 0 saturated carbocycles. The van der Waals surface area contributed by atoms with Gasteiger partial charge in [0.25, 0.3) is 5.91 Å². The third-order valence-electron chi connectivity index (χ3n) is 6.19. The number of ether oxygens (including phenoxy) is 2. The number of methoxy groups -OCH3 is 1. The molecular formula is C27H22F3N5O4. The summed E-state index contributed by atoms with van der Waals surface area (Å²) >= 11 is 0. The zero-order valence-corrected chi connectivity index (χ0v) is 21.1. The van der Waals surface area contributed by atoms with E-state index < -0.39 is 30.2 Å². The number of alkyl halides is 3. The molecule has 4 heterocycles. The Balaban J connectivity index is 1.46. The lowest BCUT2D eigenvalue weighted by Gasteiger charge is -2.20. The Kier molecular flexibility index (Phi) is 6.54. The van der Waals surface area contributed by atoms with Gasteiger partial charge in [-0.2, -0.15) is 13.2 Å². The highest BCUT2D eigenvalue weighted by Crippen LogP contribution is 2.38. The molecule has 0 radical (unpaired) electrons. The largest absolute Gasteiger partial charge is 0.481 e. The summed E-state index contributed by atoms with van der Waals surface area (Å²) in [6.07, 6.45) is 0.331. The van der Waals surface area contributed by atoms with Crippen LogP contribution in [0.25, 0.3) is 10.9 Å². The van der Waals surface area contributed by atoms with Crippen molar-refractivity contribution < 1.29 is 32.2 Å². The number of anilines is 2. The third-order valence-corrected chi connectivity index (χ3v) is 6.19. The van der Waals surface area contributed by atoms with Crippen molar-refractivity contribution in [3.8, 4) is 17.4 Å². The molecule has 200 valence electrons. The number of urea groups is 1. The minimum absolute atomic E-state index is 0.0668. The predicted octanol–water partition coefficient (Wildman–Crippen LogP) is 5.94. The van der Waals surface area contributed by atoms with E-state index in [9.17, 15) is 22.8 Å². The third kappa shape index (κ3) is 4.92. The monoisotopic (exact) mass is 537 g/mol. The number of fused-ring (bicyclic) bond motifs is 1. The predicted molar refractivity (Wildman–Crippen MR) is 136 cm³/mol. The molecular weight excluding hydrogens is 515 g/mol. The molecule has 3 amide bonds. The molecule has 0 unspecified atom stereocenters. The molecule has 39 heavy (non-hydrogen) atoms. The highest BCUT2D eigenvalue weighted by atomic mass is 19.4. The summed E-state index contributed by atoms with van der Waals surface area (Å²) in [6, 6.07) is 8.26. The van der Waals surface area contributed by atoms with E-state index in [0.717, 1.165) is 22.1 Å². The van der Waals surface area contributed by atoms with Crippen LogP contribution in [0.15, 0.2) is 61.2 Å². The van der Waals surface area contributed by atoms with E-state index in [4.69, 9.17) is 9.47 Å². The fourth-order valence-electron chi connectivity index (χ4n) is 4.22. The molecule has 1 fully saturated rings. The first-order valence-corrected chi connectivity index (χ1v) is 11.8. The van der Waals surface area contributed by atoms with Crippen molar-refractivity contribution >= 4 is 34.2 Å². The Morgan fingerprint density at radius 1 is 0.949 bits per heavy atom. The topological polar surface area (TPSA) is 97.8 Å². The second-order valence-corrected chi connectivity index (χ2v) is 9.06. The van der Waals surface area contributed by atoms with Gasteiger partial charge >= 0.3 is 12.2 Å². The maximum Gasteiger partial charge on any atom is 0.417 e. The van der Waals surface area contributed by atoms with E-state index in [-0.39, 0.29) is 17.3 Å². The van der Waals surface area contributed by atoms with Gasteiger partial charge in [-0.1, -0.05) is 13.8 Å². The highest BCUT2D eigenvalue weighted by Gasteiger charge is 2.40. The van der Waals surface area contributed by atoms with Gasteiger partial charge in [0.2, 0.25) is 5.88 Å². The maximum atomic E-state index is 13.2. The SMILES string of the molecule is COc1cc2nccc(Oc3ccc(N4C(=O)CN(c5cncc(C(F)(F)F)c5)C4=O)cc3C(C)C)c2cn1. The molecule has 1 saturated heterocycles. The van der Waals surface area contributed by atoms with Gasteiger partial charge in [0.15, 0.2) is 0 Å². The molecule has 0 N–H and O–H groups in total. The zero-order valence-electron chi connectivity index (χ0n) is 21.1. The van der Waals surface area contributed by atoms with E-state index in [1.54, 1.807) is 42.7 Å². The molecule has 0 bridgehead atoms. The van der Waals surface area contributed by atoms with Gasteiger partial charge in [-0.3, -0.25) is 19.7 Å². The van der Waals surface area contributed by atoms with Crippen LogP contribution in [-0.2, 0) is 11.0 Å². The number of amides is 3. The first kappa shape index (κ1) is 25.9. The molecule has 9 nitrogen and oxygen atoms in total. The number of carbonyl (C=O) groups excluding carboxylic acids is 2. The van der Waals surface area contributed by atoms with E-state index in [2.05, 4.69) is 15.0 Å². The summed E-state index contributed by atoms with van der Waals surface area (Å²) in [5, 5.41) is 0.660. The molecule has 3 aromatic heterocycles. The van der Waals surface area contributed by atoms with Crippen molar-refractivity contribution in [2.75, 3.05) is 23.5 Å². The van der Waals surface area contributed by atoms with Crippen LogP contribution in [0.2, 0.25) is 0 Å². The number of aromatic nitrogens is 3. The number of imide groups is 1. The molecule has 1 aromatic carbocycles. The lowest BCUT2D eigenvalue weighted by atomic mass is 10.0. The highest BCUT2D eigenvalue weighted by molar-refractivity contribution is 6.27. The molecule has 1 aliphatic heterocycles. The van der Waals surface area contributed by atoms with Gasteiger partial charge in [-0.05, 0) is 41.8 Å². The van der Waals surface area contributed by atoms with Crippen molar-refractivity contribution in [2.45, 2.75) is 25.9 Å². The molecule has 1 aliphatic rings. The van der Waals surface area contributed by atoms with Crippen molar-refractivity contribution in [2.24, 2.45) is 0 Å². The number of carbonyl (C=O) groups is 2. The molecule has 4 aromatic rings. The second kappa shape index (κ2) is 9.86. The van der Waals surface area contributed by atoms with Crippen LogP contribution in [0.5, 0.6) is 17.4 Å². The number of rotatable bonds is 6. The number of pyridine rings is 3. The van der Waals surface area contributed by atoms with Gasteiger partial charge in [0.05, 0.1) is 41.1 Å². The molecule has 0 spiro atoms. The number of hydrogen-bond acceptors (Lipinski definition) is 7. The lowest BCUT2D eigenvalue weighted by molar-refractivity contribution is -0.137. The number of halogens is 3. The average Bonchev–Trinajstić information content (AvgIpc) is 3.21. The number of benzene rings is 1. The summed E-state index contributed by atoms with van der Waals surface area (Å²) in [6.45, 7) is 3.44. The van der Waals surface area contributed by atoms with Gasteiger partial charge in [0, 0.05) is 24.7 Å². The van der Waals surface area contributed by atoms with E-state index in [0.29, 0.717) is 40.0 Å².